The minimum absolute atomic E-state index is 0.00846. The molecule has 0 spiro atoms. The number of nitrogens with one attached hydrogen (secondary N) is 1. The van der Waals surface area contributed by atoms with Crippen LogP contribution in [0, 0.1) is 5.82 Å². The van der Waals surface area contributed by atoms with Gasteiger partial charge in [0.15, 0.2) is 18.1 Å². The van der Waals surface area contributed by atoms with E-state index >= 15 is 0 Å². The van der Waals surface area contributed by atoms with Gasteiger partial charge in [-0.15, -0.1) is 0 Å². The van der Waals surface area contributed by atoms with Crippen LogP contribution in [-0.4, -0.2) is 32.7 Å². The first-order valence-corrected chi connectivity index (χ1v) is 8.33. The smallest absolute Gasteiger partial charge is 0.310 e. The minimum atomic E-state index is -0.633. The molecule has 6 nitrogen and oxygen atoms in total. The second-order valence-corrected chi connectivity index (χ2v) is 6.11. The van der Waals surface area contributed by atoms with Crippen molar-refractivity contribution in [2.45, 2.75) is 6.42 Å². The van der Waals surface area contributed by atoms with Gasteiger partial charge in [-0.25, -0.2) is 4.39 Å². The number of hydrogen-bond donors (Lipinski definition) is 1. The van der Waals surface area contributed by atoms with Gasteiger partial charge in [0.05, 0.1) is 26.3 Å². The highest BCUT2D eigenvalue weighted by molar-refractivity contribution is 9.10. The third kappa shape index (κ3) is 5.45. The third-order valence-electron chi connectivity index (χ3n) is 3.37. The van der Waals surface area contributed by atoms with Gasteiger partial charge in [0.25, 0.3) is 5.91 Å². The Morgan fingerprint density at radius 3 is 2.46 bits per heavy atom. The predicted octanol–water partition coefficient (Wildman–Crippen LogP) is 3.33. The molecular weight excluding hydrogens is 409 g/mol. The molecule has 0 unspecified atom stereocenters. The molecule has 2 rings (SSSR count). The Labute approximate surface area is 158 Å². The van der Waals surface area contributed by atoms with Gasteiger partial charge < -0.3 is 19.5 Å². The number of carbonyl (C=O) groups excluding carboxylic acids is 2. The molecule has 8 heteroatoms. The van der Waals surface area contributed by atoms with Crippen LogP contribution in [-0.2, 0) is 20.7 Å². The predicted molar refractivity (Wildman–Crippen MR) is 96.9 cm³/mol. The Bertz CT molecular complexity index is 812. The largest absolute Gasteiger partial charge is 0.493 e. The molecule has 26 heavy (non-hydrogen) atoms. The van der Waals surface area contributed by atoms with Crippen LogP contribution in [0.25, 0.3) is 0 Å². The van der Waals surface area contributed by atoms with Crippen LogP contribution < -0.4 is 14.8 Å². The molecule has 2 aromatic rings. The summed E-state index contributed by atoms with van der Waals surface area (Å²) in [4.78, 5) is 23.7. The number of carbonyl (C=O) groups is 2. The first-order chi connectivity index (χ1) is 12.4. The summed E-state index contributed by atoms with van der Waals surface area (Å²) in [6.07, 6.45) is -0.0414. The van der Waals surface area contributed by atoms with Crippen LogP contribution in [0.2, 0.25) is 0 Å². The molecule has 0 heterocycles. The number of esters is 1. The fourth-order valence-corrected chi connectivity index (χ4v) is 2.46. The lowest BCUT2D eigenvalue weighted by atomic mass is 10.1. The molecule has 0 aliphatic heterocycles. The molecule has 0 radical (unpaired) electrons. The maximum atomic E-state index is 13.7. The summed E-state index contributed by atoms with van der Waals surface area (Å²) < 4.78 is 29.4. The number of rotatable bonds is 7. The van der Waals surface area contributed by atoms with E-state index in [1.807, 2.05) is 0 Å². The maximum absolute atomic E-state index is 13.7. The van der Waals surface area contributed by atoms with Gasteiger partial charge in [-0.2, -0.15) is 0 Å². The third-order valence-corrected chi connectivity index (χ3v) is 3.86. The maximum Gasteiger partial charge on any atom is 0.310 e. The highest BCUT2D eigenvalue weighted by atomic mass is 79.9. The quantitative estimate of drug-likeness (QED) is 0.688. The van der Waals surface area contributed by atoms with Gasteiger partial charge in [0.2, 0.25) is 0 Å². The van der Waals surface area contributed by atoms with Crippen molar-refractivity contribution < 1.29 is 28.2 Å². The highest BCUT2D eigenvalue weighted by Gasteiger charge is 2.12. The van der Waals surface area contributed by atoms with Gasteiger partial charge in [-0.1, -0.05) is 22.0 Å². The van der Waals surface area contributed by atoms with Gasteiger partial charge >= 0.3 is 5.97 Å². The number of ether oxygens (including phenoxy) is 3. The molecule has 0 bridgehead atoms. The fraction of sp³-hybridized carbons (Fsp3) is 0.222. The zero-order valence-corrected chi connectivity index (χ0v) is 15.8. The van der Waals surface area contributed by atoms with Crippen molar-refractivity contribution >= 4 is 33.5 Å². The van der Waals surface area contributed by atoms with E-state index in [9.17, 15) is 14.0 Å². The number of halogens is 2. The van der Waals surface area contributed by atoms with Crippen LogP contribution in [0.15, 0.2) is 40.9 Å². The second-order valence-electron chi connectivity index (χ2n) is 5.20. The second kappa shape index (κ2) is 9.19. The monoisotopic (exact) mass is 425 g/mol. The van der Waals surface area contributed by atoms with E-state index in [1.54, 1.807) is 24.3 Å². The fourth-order valence-electron chi connectivity index (χ4n) is 2.13. The van der Waals surface area contributed by atoms with Gasteiger partial charge in [-0.05, 0) is 35.9 Å². The van der Waals surface area contributed by atoms with E-state index in [2.05, 4.69) is 21.2 Å². The number of anilines is 1. The van der Waals surface area contributed by atoms with Crippen LogP contribution in [0.3, 0.4) is 0 Å². The Hall–Kier alpha value is -2.61. The average molecular weight is 426 g/mol. The van der Waals surface area contributed by atoms with Crippen LogP contribution in [0.4, 0.5) is 10.1 Å². The Balaban J connectivity index is 1.87. The molecule has 0 fully saturated rings. The van der Waals surface area contributed by atoms with Crippen molar-refractivity contribution in [2.24, 2.45) is 0 Å². The van der Waals surface area contributed by atoms with E-state index in [4.69, 9.17) is 14.2 Å². The number of amides is 1. The summed E-state index contributed by atoms with van der Waals surface area (Å²) in [5.41, 5.74) is 0.654. The van der Waals surface area contributed by atoms with E-state index < -0.39 is 24.3 Å². The molecule has 0 saturated carbocycles. The lowest BCUT2D eigenvalue weighted by Gasteiger charge is -2.10. The molecule has 0 atom stereocenters. The van der Waals surface area contributed by atoms with Crippen molar-refractivity contribution in [3.8, 4) is 11.5 Å². The Kier molecular flexibility index (Phi) is 6.97. The zero-order valence-electron chi connectivity index (χ0n) is 14.2. The van der Waals surface area contributed by atoms with Gasteiger partial charge in [0.1, 0.15) is 5.82 Å². The van der Waals surface area contributed by atoms with Crippen molar-refractivity contribution in [3.63, 3.8) is 0 Å². The first-order valence-electron chi connectivity index (χ1n) is 7.54. The minimum Gasteiger partial charge on any atom is -0.493 e. The SMILES string of the molecule is COc1ccc(CC(=O)OCC(=O)Nc2ccc(Br)cc2F)cc1OC. The van der Waals surface area contributed by atoms with Gasteiger partial charge in [0, 0.05) is 4.47 Å². The molecule has 1 amide bonds. The van der Waals surface area contributed by atoms with Gasteiger partial charge in [-0.3, -0.25) is 9.59 Å². The van der Waals surface area contributed by atoms with Crippen molar-refractivity contribution in [1.82, 2.24) is 0 Å². The molecule has 138 valence electrons. The Morgan fingerprint density at radius 1 is 1.08 bits per heavy atom. The van der Waals surface area contributed by atoms with E-state index in [0.717, 1.165) is 0 Å². The summed E-state index contributed by atoms with van der Waals surface area (Å²) in [5, 5.41) is 2.34. The summed E-state index contributed by atoms with van der Waals surface area (Å²) in [7, 11) is 3.00. The van der Waals surface area contributed by atoms with Crippen molar-refractivity contribution in [1.29, 1.82) is 0 Å². The van der Waals surface area contributed by atoms with E-state index in [1.165, 1.54) is 26.4 Å². The highest BCUT2D eigenvalue weighted by Crippen LogP contribution is 2.27. The summed E-state index contributed by atoms with van der Waals surface area (Å²) in [5.74, 6) is -0.790. The summed E-state index contributed by atoms with van der Waals surface area (Å²) in [6.45, 7) is -0.512. The molecule has 0 aliphatic carbocycles. The standard InChI is InChI=1S/C18H17BrFNO5/c1-24-15-6-3-11(7-16(15)25-2)8-18(23)26-10-17(22)21-14-5-4-12(19)9-13(14)20/h3-7,9H,8,10H2,1-2H3,(H,21,22). The molecular formula is C18H17BrFNO5. The molecule has 2 aromatic carbocycles. The van der Waals surface area contributed by atoms with Crippen LogP contribution in [0.1, 0.15) is 5.56 Å². The Morgan fingerprint density at radius 2 is 1.81 bits per heavy atom. The lowest BCUT2D eigenvalue weighted by Crippen LogP contribution is -2.22. The van der Waals surface area contributed by atoms with E-state index in [0.29, 0.717) is 21.5 Å². The summed E-state index contributed by atoms with van der Waals surface area (Å²) in [6, 6.07) is 9.23. The average Bonchev–Trinajstić information content (AvgIpc) is 2.62. The number of benzene rings is 2. The van der Waals surface area contributed by atoms with Crippen LogP contribution in [0.5, 0.6) is 11.5 Å². The summed E-state index contributed by atoms with van der Waals surface area (Å²) >= 11 is 3.12. The molecule has 0 aromatic heterocycles. The van der Waals surface area contributed by atoms with Crippen LogP contribution >= 0.6 is 15.9 Å². The van der Waals surface area contributed by atoms with Crippen molar-refractivity contribution in [2.75, 3.05) is 26.1 Å². The van der Waals surface area contributed by atoms with Crippen molar-refractivity contribution in [3.05, 3.63) is 52.3 Å². The number of methoxy groups -OCH3 is 2. The van der Waals surface area contributed by atoms with E-state index in [-0.39, 0.29) is 12.1 Å². The molecule has 0 aliphatic rings. The molecule has 1 N–H and O–H groups in total. The molecule has 0 saturated heterocycles. The normalized spacial score (nSPS) is 10.2. The first kappa shape index (κ1) is 19.7. The lowest BCUT2D eigenvalue weighted by molar-refractivity contribution is -0.146. The zero-order chi connectivity index (χ0) is 19.1. The topological polar surface area (TPSA) is 73.9 Å². The number of hydrogen-bond acceptors (Lipinski definition) is 5.